The third kappa shape index (κ3) is 3.03. The molecule has 2 aromatic rings. The molecule has 1 aliphatic rings. The smallest absolute Gasteiger partial charge is 0.255 e. The Balaban J connectivity index is 1.64. The van der Waals surface area contributed by atoms with Crippen molar-refractivity contribution in [3.05, 3.63) is 59.4 Å². The fraction of sp³-hybridized carbons (Fsp3) is 0.235. The lowest BCUT2D eigenvalue weighted by molar-refractivity contribution is 0.0943. The quantitative estimate of drug-likeness (QED) is 0.944. The van der Waals surface area contributed by atoms with Gasteiger partial charge < -0.3 is 14.8 Å². The molecule has 1 aliphatic heterocycles. The number of rotatable bonds is 4. The van der Waals surface area contributed by atoms with Gasteiger partial charge in [0.2, 0.25) is 0 Å². The van der Waals surface area contributed by atoms with E-state index in [0.29, 0.717) is 48.8 Å². The number of fused-ring (bicyclic) bond motifs is 1. The lowest BCUT2D eigenvalue weighted by Gasteiger charge is -2.20. The van der Waals surface area contributed by atoms with Crippen molar-refractivity contribution in [2.75, 3.05) is 19.8 Å². The largest absolute Gasteiger partial charge is 0.486 e. The van der Waals surface area contributed by atoms with E-state index in [4.69, 9.17) is 9.47 Å². The second kappa shape index (κ2) is 6.47. The zero-order valence-corrected chi connectivity index (χ0v) is 12.0. The molecular formula is C17H16FNO3. The molecule has 1 heterocycles. The average Bonchev–Trinajstić information content (AvgIpc) is 2.56. The SMILES string of the molecule is O=C(NCCc1ccccc1F)c1cccc2c1OCCO2. The Bertz CT molecular complexity index is 687. The van der Waals surface area contributed by atoms with Crippen molar-refractivity contribution in [1.29, 1.82) is 0 Å². The standard InChI is InChI=1S/C17H16FNO3/c18-14-6-2-1-4-12(14)8-9-19-17(20)13-5-3-7-15-16(13)22-11-10-21-15/h1-7H,8-11H2,(H,19,20). The third-order valence-corrected chi connectivity index (χ3v) is 3.45. The highest BCUT2D eigenvalue weighted by molar-refractivity contribution is 5.97. The van der Waals surface area contributed by atoms with Crippen LogP contribution in [-0.4, -0.2) is 25.7 Å². The molecule has 0 atom stereocenters. The average molecular weight is 301 g/mol. The van der Waals surface area contributed by atoms with Crippen LogP contribution in [-0.2, 0) is 6.42 Å². The third-order valence-electron chi connectivity index (χ3n) is 3.45. The molecule has 0 unspecified atom stereocenters. The summed E-state index contributed by atoms with van der Waals surface area (Å²) >= 11 is 0. The molecule has 4 nitrogen and oxygen atoms in total. The van der Waals surface area contributed by atoms with Gasteiger partial charge in [0, 0.05) is 6.54 Å². The van der Waals surface area contributed by atoms with Gasteiger partial charge in [-0.05, 0) is 30.2 Å². The lowest BCUT2D eigenvalue weighted by atomic mass is 10.1. The first-order valence-corrected chi connectivity index (χ1v) is 7.16. The summed E-state index contributed by atoms with van der Waals surface area (Å²) in [6.45, 7) is 1.25. The summed E-state index contributed by atoms with van der Waals surface area (Å²) in [7, 11) is 0. The van der Waals surface area contributed by atoms with Crippen molar-refractivity contribution in [1.82, 2.24) is 5.32 Å². The zero-order valence-electron chi connectivity index (χ0n) is 12.0. The van der Waals surface area contributed by atoms with E-state index in [1.54, 1.807) is 36.4 Å². The molecular weight excluding hydrogens is 285 g/mol. The predicted octanol–water partition coefficient (Wildman–Crippen LogP) is 2.57. The molecule has 0 radical (unpaired) electrons. The van der Waals surface area contributed by atoms with Crippen LogP contribution in [0.2, 0.25) is 0 Å². The van der Waals surface area contributed by atoms with Gasteiger partial charge in [0.05, 0.1) is 5.56 Å². The maximum atomic E-state index is 13.5. The number of benzene rings is 2. The van der Waals surface area contributed by atoms with Crippen molar-refractivity contribution >= 4 is 5.91 Å². The van der Waals surface area contributed by atoms with Crippen molar-refractivity contribution < 1.29 is 18.7 Å². The molecule has 0 aliphatic carbocycles. The Morgan fingerprint density at radius 1 is 1.09 bits per heavy atom. The normalized spacial score (nSPS) is 12.8. The predicted molar refractivity (Wildman–Crippen MR) is 79.9 cm³/mol. The molecule has 1 N–H and O–H groups in total. The Hall–Kier alpha value is -2.56. The van der Waals surface area contributed by atoms with E-state index in [2.05, 4.69) is 5.32 Å². The molecule has 114 valence electrons. The number of hydrogen-bond acceptors (Lipinski definition) is 3. The van der Waals surface area contributed by atoms with Crippen molar-refractivity contribution in [2.45, 2.75) is 6.42 Å². The molecule has 22 heavy (non-hydrogen) atoms. The van der Waals surface area contributed by atoms with Gasteiger partial charge in [-0.15, -0.1) is 0 Å². The van der Waals surface area contributed by atoms with Gasteiger partial charge in [0.25, 0.3) is 5.91 Å². The van der Waals surface area contributed by atoms with Gasteiger partial charge in [0.1, 0.15) is 19.0 Å². The summed E-state index contributed by atoms with van der Waals surface area (Å²) in [6, 6.07) is 11.7. The van der Waals surface area contributed by atoms with E-state index in [9.17, 15) is 9.18 Å². The summed E-state index contributed by atoms with van der Waals surface area (Å²) in [5.74, 6) is 0.536. The maximum absolute atomic E-state index is 13.5. The summed E-state index contributed by atoms with van der Waals surface area (Å²) < 4.78 is 24.5. The number of hydrogen-bond donors (Lipinski definition) is 1. The maximum Gasteiger partial charge on any atom is 0.255 e. The number of ether oxygens (including phenoxy) is 2. The fourth-order valence-corrected chi connectivity index (χ4v) is 2.36. The number of carbonyl (C=O) groups excluding carboxylic acids is 1. The summed E-state index contributed by atoms with van der Waals surface area (Å²) in [5.41, 5.74) is 1.02. The fourth-order valence-electron chi connectivity index (χ4n) is 2.36. The van der Waals surface area contributed by atoms with Crippen LogP contribution >= 0.6 is 0 Å². The Labute approximate surface area is 127 Å². The Morgan fingerprint density at radius 3 is 2.77 bits per heavy atom. The van der Waals surface area contributed by atoms with Gasteiger partial charge in [-0.25, -0.2) is 4.39 Å². The second-order valence-corrected chi connectivity index (χ2v) is 4.93. The molecule has 3 rings (SSSR count). The molecule has 0 fully saturated rings. The minimum absolute atomic E-state index is 0.251. The molecule has 0 saturated heterocycles. The minimum atomic E-state index is -0.259. The minimum Gasteiger partial charge on any atom is -0.486 e. The second-order valence-electron chi connectivity index (χ2n) is 4.93. The van der Waals surface area contributed by atoms with Gasteiger partial charge in [-0.2, -0.15) is 0 Å². The van der Waals surface area contributed by atoms with Crippen LogP contribution in [0.3, 0.4) is 0 Å². The first-order valence-electron chi connectivity index (χ1n) is 7.16. The van der Waals surface area contributed by atoms with Gasteiger partial charge in [-0.3, -0.25) is 4.79 Å². The van der Waals surface area contributed by atoms with Crippen LogP contribution in [0.1, 0.15) is 15.9 Å². The molecule has 1 amide bonds. The number of halogens is 1. The van der Waals surface area contributed by atoms with Crippen molar-refractivity contribution in [3.8, 4) is 11.5 Å². The lowest BCUT2D eigenvalue weighted by Crippen LogP contribution is -2.27. The molecule has 2 aromatic carbocycles. The van der Waals surface area contributed by atoms with E-state index in [1.807, 2.05) is 0 Å². The van der Waals surface area contributed by atoms with E-state index in [0.717, 1.165) is 0 Å². The Morgan fingerprint density at radius 2 is 1.91 bits per heavy atom. The number of amides is 1. The van der Waals surface area contributed by atoms with Gasteiger partial charge in [0.15, 0.2) is 11.5 Å². The van der Waals surface area contributed by atoms with Crippen LogP contribution in [0, 0.1) is 5.82 Å². The summed E-state index contributed by atoms with van der Waals surface area (Å²) in [5, 5.41) is 2.78. The molecule has 0 bridgehead atoms. The highest BCUT2D eigenvalue weighted by Crippen LogP contribution is 2.33. The number of carbonyl (C=O) groups is 1. The first kappa shape index (κ1) is 14.4. The Kier molecular flexibility index (Phi) is 4.23. The van der Waals surface area contributed by atoms with Crippen molar-refractivity contribution in [3.63, 3.8) is 0 Å². The summed E-state index contributed by atoms with van der Waals surface area (Å²) in [6.07, 6.45) is 0.435. The van der Waals surface area contributed by atoms with Crippen LogP contribution < -0.4 is 14.8 Å². The highest BCUT2D eigenvalue weighted by Gasteiger charge is 2.19. The van der Waals surface area contributed by atoms with E-state index in [-0.39, 0.29) is 11.7 Å². The number of para-hydroxylation sites is 1. The summed E-state index contributed by atoms with van der Waals surface area (Å²) in [4.78, 5) is 12.3. The number of nitrogens with one attached hydrogen (secondary N) is 1. The molecule has 0 aromatic heterocycles. The van der Waals surface area contributed by atoms with Crippen LogP contribution in [0.4, 0.5) is 4.39 Å². The zero-order chi connectivity index (χ0) is 15.4. The van der Waals surface area contributed by atoms with E-state index < -0.39 is 0 Å². The van der Waals surface area contributed by atoms with E-state index >= 15 is 0 Å². The molecule has 0 saturated carbocycles. The van der Waals surface area contributed by atoms with E-state index in [1.165, 1.54) is 6.07 Å². The molecule has 5 heteroatoms. The van der Waals surface area contributed by atoms with Crippen LogP contribution in [0.15, 0.2) is 42.5 Å². The topological polar surface area (TPSA) is 47.6 Å². The van der Waals surface area contributed by atoms with Gasteiger partial charge >= 0.3 is 0 Å². The monoisotopic (exact) mass is 301 g/mol. The van der Waals surface area contributed by atoms with Gasteiger partial charge in [-0.1, -0.05) is 24.3 Å². The molecule has 0 spiro atoms. The van der Waals surface area contributed by atoms with Crippen LogP contribution in [0.25, 0.3) is 0 Å². The van der Waals surface area contributed by atoms with Crippen molar-refractivity contribution in [2.24, 2.45) is 0 Å². The first-order chi connectivity index (χ1) is 10.8. The highest BCUT2D eigenvalue weighted by atomic mass is 19.1. The van der Waals surface area contributed by atoms with Crippen LogP contribution in [0.5, 0.6) is 11.5 Å².